The van der Waals surface area contributed by atoms with Crippen molar-refractivity contribution < 1.29 is 54.5 Å². The zero-order valence-electron chi connectivity index (χ0n) is 25.7. The van der Waals surface area contributed by atoms with Gasteiger partial charge in [-0.1, -0.05) is 18.2 Å². The number of carbonyl (C=O) groups excluding carboxylic acids is 2. The van der Waals surface area contributed by atoms with Crippen LogP contribution < -0.4 is 0 Å². The minimum absolute atomic E-state index is 0.00776. The van der Waals surface area contributed by atoms with E-state index in [0.29, 0.717) is 17.7 Å². The molecule has 3 rings (SSSR count). The first kappa shape index (κ1) is 35.9. The van der Waals surface area contributed by atoms with Crippen molar-refractivity contribution in [1.82, 2.24) is 4.90 Å². The van der Waals surface area contributed by atoms with Crippen LogP contribution in [-0.4, -0.2) is 48.4 Å². The van der Waals surface area contributed by atoms with Crippen LogP contribution in [0.2, 0.25) is 0 Å². The van der Waals surface area contributed by atoms with Gasteiger partial charge in [0.05, 0.1) is 48.4 Å². The molecule has 1 saturated heterocycles. The maximum atomic E-state index is 14.0. The Morgan fingerprint density at radius 2 is 1.51 bits per heavy atom. The van der Waals surface area contributed by atoms with Crippen molar-refractivity contribution in [1.29, 1.82) is 0 Å². The first-order chi connectivity index (χ1) is 20.6. The third kappa shape index (κ3) is 8.16. The Morgan fingerprint density at radius 3 is 1.96 bits per heavy atom. The van der Waals surface area contributed by atoms with E-state index in [1.54, 1.807) is 20.8 Å². The second kappa shape index (κ2) is 13.0. The Kier molecular flexibility index (Phi) is 10.4. The number of nitrogens with zero attached hydrogens (tertiary/aromatic N) is 1. The normalized spacial score (nSPS) is 21.2. The standard InChI is InChI=1S/C32H36F7NO5/c1-8-13-30(6,27(41)43-7)26-25(19-9-11-23(33)12-10-19)24(17-40(26)28(42)45-29(3,4)5)44-18(2)20-14-21(31(34,35)36)16-22(15-20)32(37,38)39/h8-12,14-16,18,24-26H,1,13,17H2,2-7H3/t18-,24+,25-,26-,30?/m1/s1. The number of halogens is 7. The lowest BCUT2D eigenvalue weighted by Crippen LogP contribution is -2.52. The fraction of sp³-hybridized carbons (Fsp3) is 0.500. The van der Waals surface area contributed by atoms with Gasteiger partial charge in [-0.15, -0.1) is 6.58 Å². The highest BCUT2D eigenvalue weighted by molar-refractivity contribution is 5.80. The number of esters is 1. The zero-order chi connectivity index (χ0) is 34.1. The van der Waals surface area contributed by atoms with Gasteiger partial charge in [0.2, 0.25) is 0 Å². The largest absolute Gasteiger partial charge is 0.469 e. The Labute approximate surface area is 257 Å². The zero-order valence-corrected chi connectivity index (χ0v) is 25.7. The predicted molar refractivity (Wildman–Crippen MR) is 151 cm³/mol. The average Bonchev–Trinajstić information content (AvgIpc) is 3.30. The number of alkyl halides is 6. The monoisotopic (exact) mass is 647 g/mol. The molecule has 1 heterocycles. The van der Waals surface area contributed by atoms with Crippen LogP contribution >= 0.6 is 0 Å². The van der Waals surface area contributed by atoms with Gasteiger partial charge in [0.25, 0.3) is 0 Å². The van der Waals surface area contributed by atoms with Crippen molar-refractivity contribution in [2.75, 3.05) is 13.7 Å². The Bertz CT molecular complexity index is 1350. The van der Waals surface area contributed by atoms with Crippen molar-refractivity contribution in [3.05, 3.63) is 83.2 Å². The van der Waals surface area contributed by atoms with Crippen molar-refractivity contribution in [2.24, 2.45) is 5.41 Å². The number of amides is 1. The summed E-state index contributed by atoms with van der Waals surface area (Å²) in [5.41, 5.74) is -5.52. The first-order valence-corrected chi connectivity index (χ1v) is 14.0. The molecule has 5 atom stereocenters. The molecule has 1 unspecified atom stereocenters. The van der Waals surface area contributed by atoms with Crippen LogP contribution in [0, 0.1) is 11.2 Å². The summed E-state index contributed by atoms with van der Waals surface area (Å²) in [7, 11) is 1.16. The molecule has 0 bridgehead atoms. The average molecular weight is 648 g/mol. The number of likely N-dealkylation sites (tertiary alicyclic amines) is 1. The van der Waals surface area contributed by atoms with Gasteiger partial charge in [-0.3, -0.25) is 4.79 Å². The number of benzene rings is 2. The number of allylic oxidation sites excluding steroid dienone is 1. The summed E-state index contributed by atoms with van der Waals surface area (Å²) in [5.74, 6) is -2.26. The highest BCUT2D eigenvalue weighted by atomic mass is 19.4. The van der Waals surface area contributed by atoms with E-state index >= 15 is 0 Å². The number of methoxy groups -OCH3 is 1. The van der Waals surface area contributed by atoms with Gasteiger partial charge in [-0.2, -0.15) is 26.3 Å². The molecule has 0 radical (unpaired) electrons. The smallest absolute Gasteiger partial charge is 0.416 e. The van der Waals surface area contributed by atoms with Crippen LogP contribution in [-0.2, 0) is 31.4 Å². The van der Waals surface area contributed by atoms with E-state index in [4.69, 9.17) is 14.2 Å². The molecule has 0 aromatic heterocycles. The third-order valence-corrected chi connectivity index (χ3v) is 7.67. The lowest BCUT2D eigenvalue weighted by atomic mass is 9.71. The minimum atomic E-state index is -5.08. The second-order valence-corrected chi connectivity index (χ2v) is 12.2. The number of hydrogen-bond acceptors (Lipinski definition) is 5. The molecule has 0 aliphatic carbocycles. The second-order valence-electron chi connectivity index (χ2n) is 12.2. The maximum absolute atomic E-state index is 14.0. The SMILES string of the molecule is C=CCC(C)(C(=O)OC)[C@H]1[C@H](c2ccc(F)cc2)[C@@H](O[C@H](C)c2cc(C(F)(F)F)cc(C(F)(F)F)c2)CN1C(=O)OC(C)(C)C. The van der Waals surface area contributed by atoms with Gasteiger partial charge in [-0.05, 0) is 82.5 Å². The van der Waals surface area contributed by atoms with E-state index in [-0.39, 0.29) is 19.0 Å². The summed E-state index contributed by atoms with van der Waals surface area (Å²) in [5, 5.41) is 0. The number of rotatable bonds is 8. The van der Waals surface area contributed by atoms with Gasteiger partial charge in [-0.25, -0.2) is 9.18 Å². The molecule has 1 amide bonds. The Balaban J connectivity index is 2.22. The summed E-state index contributed by atoms with van der Waals surface area (Å²) in [6, 6.07) is 5.18. The lowest BCUT2D eigenvalue weighted by molar-refractivity contribution is -0.155. The summed E-state index contributed by atoms with van der Waals surface area (Å²) in [4.78, 5) is 28.2. The number of carbonyl (C=O) groups is 2. The highest BCUT2D eigenvalue weighted by Gasteiger charge is 2.57. The van der Waals surface area contributed by atoms with Crippen LogP contribution in [0.3, 0.4) is 0 Å². The molecule has 2 aromatic rings. The topological polar surface area (TPSA) is 65.1 Å². The predicted octanol–water partition coefficient (Wildman–Crippen LogP) is 8.47. The van der Waals surface area contributed by atoms with Crippen molar-refractivity contribution in [3.63, 3.8) is 0 Å². The van der Waals surface area contributed by atoms with Crippen LogP contribution in [0.4, 0.5) is 35.5 Å². The van der Waals surface area contributed by atoms with Gasteiger partial charge >= 0.3 is 24.4 Å². The van der Waals surface area contributed by atoms with E-state index in [9.17, 15) is 40.3 Å². The molecule has 13 heteroatoms. The molecule has 1 aliphatic heterocycles. The molecule has 6 nitrogen and oxygen atoms in total. The van der Waals surface area contributed by atoms with Crippen LogP contribution in [0.5, 0.6) is 0 Å². The van der Waals surface area contributed by atoms with Crippen LogP contribution in [0.25, 0.3) is 0 Å². The van der Waals surface area contributed by atoms with E-state index in [1.165, 1.54) is 37.0 Å². The number of hydrogen-bond donors (Lipinski definition) is 0. The maximum Gasteiger partial charge on any atom is 0.416 e. The molecule has 45 heavy (non-hydrogen) atoms. The Morgan fingerprint density at radius 1 is 0.978 bits per heavy atom. The van der Waals surface area contributed by atoms with Gasteiger partial charge in [0, 0.05) is 5.92 Å². The minimum Gasteiger partial charge on any atom is -0.469 e. The van der Waals surface area contributed by atoms with E-state index in [0.717, 1.165) is 19.2 Å². The van der Waals surface area contributed by atoms with Crippen molar-refractivity contribution in [3.8, 4) is 0 Å². The summed E-state index contributed by atoms with van der Waals surface area (Å²) in [6.07, 6.45) is -12.0. The Hall–Kier alpha value is -3.61. The lowest BCUT2D eigenvalue weighted by Gasteiger charge is -2.41. The van der Waals surface area contributed by atoms with E-state index in [1.807, 2.05) is 0 Å². The molecule has 0 saturated carbocycles. The fourth-order valence-corrected chi connectivity index (χ4v) is 5.69. The highest BCUT2D eigenvalue weighted by Crippen LogP contribution is 2.48. The first-order valence-electron chi connectivity index (χ1n) is 14.0. The van der Waals surface area contributed by atoms with Crippen LogP contribution in [0.15, 0.2) is 55.1 Å². The molecular weight excluding hydrogens is 611 g/mol. The van der Waals surface area contributed by atoms with E-state index in [2.05, 4.69) is 6.58 Å². The summed E-state index contributed by atoms with van der Waals surface area (Å²) in [6.45, 7) is 11.1. The third-order valence-electron chi connectivity index (χ3n) is 7.67. The molecule has 2 aromatic carbocycles. The molecule has 1 aliphatic rings. The summed E-state index contributed by atoms with van der Waals surface area (Å²) >= 11 is 0. The van der Waals surface area contributed by atoms with Crippen molar-refractivity contribution in [2.45, 2.75) is 83.2 Å². The number of ether oxygens (including phenoxy) is 3. The van der Waals surface area contributed by atoms with Gasteiger partial charge < -0.3 is 19.1 Å². The molecular formula is C32H36F7NO5. The molecule has 1 fully saturated rings. The quantitative estimate of drug-likeness (QED) is 0.163. The fourth-order valence-electron chi connectivity index (χ4n) is 5.69. The van der Waals surface area contributed by atoms with Crippen molar-refractivity contribution >= 4 is 12.1 Å². The van der Waals surface area contributed by atoms with Gasteiger partial charge in [0.1, 0.15) is 11.4 Å². The molecule has 0 spiro atoms. The molecule has 0 N–H and O–H groups in total. The molecule has 248 valence electrons. The van der Waals surface area contributed by atoms with Crippen LogP contribution in [0.1, 0.15) is 75.3 Å². The van der Waals surface area contributed by atoms with Gasteiger partial charge in [0.15, 0.2) is 0 Å². The van der Waals surface area contributed by atoms with E-state index < -0.39 is 82.1 Å². The summed E-state index contributed by atoms with van der Waals surface area (Å²) < 4.78 is 113.